The summed E-state index contributed by atoms with van der Waals surface area (Å²) in [5.41, 5.74) is 0. The number of carbonyl (C=O) groups excluding carboxylic acids is 1. The van der Waals surface area contributed by atoms with Crippen LogP contribution in [0.5, 0.6) is 0 Å². The largest absolute Gasteiger partial charge is 0.352 e. The van der Waals surface area contributed by atoms with E-state index in [1.807, 2.05) is 13.8 Å². The molecule has 1 saturated heterocycles. The van der Waals surface area contributed by atoms with Gasteiger partial charge in [0.15, 0.2) is 5.79 Å². The van der Waals surface area contributed by atoms with Crippen LogP contribution in [0.4, 0.5) is 0 Å². The summed E-state index contributed by atoms with van der Waals surface area (Å²) in [7, 11) is 0. The Kier molecular flexibility index (Phi) is 5.18. The van der Waals surface area contributed by atoms with Crippen LogP contribution in [0.2, 0.25) is 0 Å². The number of ether oxygens (including phenoxy) is 2. The maximum atomic E-state index is 11.4. The monoisotopic (exact) mass is 230 g/mol. The molecule has 0 spiro atoms. The van der Waals surface area contributed by atoms with E-state index in [0.29, 0.717) is 19.7 Å². The third kappa shape index (κ3) is 4.92. The Hall–Kier alpha value is -0.650. The van der Waals surface area contributed by atoms with E-state index in [1.54, 1.807) is 0 Å². The molecule has 1 aliphatic rings. The van der Waals surface area contributed by atoms with Gasteiger partial charge in [-0.25, -0.2) is 0 Å². The first-order chi connectivity index (χ1) is 7.53. The molecule has 0 aromatic carbocycles. The molecule has 0 aromatic heterocycles. The quantitative estimate of drug-likeness (QED) is 0.642. The van der Waals surface area contributed by atoms with Crippen molar-refractivity contribution in [3.63, 3.8) is 0 Å². The van der Waals surface area contributed by atoms with Gasteiger partial charge in [0.05, 0.1) is 13.2 Å². The minimum atomic E-state index is -0.518. The van der Waals surface area contributed by atoms with Crippen molar-refractivity contribution in [2.45, 2.75) is 39.1 Å². The van der Waals surface area contributed by atoms with Crippen molar-refractivity contribution in [1.29, 1.82) is 0 Å². The zero-order valence-corrected chi connectivity index (χ0v) is 10.3. The van der Waals surface area contributed by atoms with Crippen LogP contribution < -0.4 is 10.6 Å². The van der Waals surface area contributed by atoms with Crippen molar-refractivity contribution in [2.24, 2.45) is 0 Å². The summed E-state index contributed by atoms with van der Waals surface area (Å²) in [6.45, 7) is 8.09. The molecule has 5 nitrogen and oxygen atoms in total. The summed E-state index contributed by atoms with van der Waals surface area (Å²) in [6, 6.07) is 0. The highest BCUT2D eigenvalue weighted by Crippen LogP contribution is 2.21. The fraction of sp³-hybridized carbons (Fsp3) is 0.909. The number of hydrogen-bond acceptors (Lipinski definition) is 4. The van der Waals surface area contributed by atoms with Crippen LogP contribution in [-0.4, -0.2) is 44.0 Å². The minimum absolute atomic E-state index is 0.00163. The lowest BCUT2D eigenvalue weighted by Crippen LogP contribution is -2.39. The molecule has 16 heavy (non-hydrogen) atoms. The molecule has 1 heterocycles. The van der Waals surface area contributed by atoms with E-state index in [9.17, 15) is 4.79 Å². The first-order valence-corrected chi connectivity index (χ1v) is 5.82. The maximum Gasteiger partial charge on any atom is 0.234 e. The molecule has 1 amide bonds. The van der Waals surface area contributed by atoms with Gasteiger partial charge < -0.3 is 20.1 Å². The van der Waals surface area contributed by atoms with Gasteiger partial charge in [-0.3, -0.25) is 4.79 Å². The third-order valence-electron chi connectivity index (χ3n) is 2.31. The van der Waals surface area contributed by atoms with Gasteiger partial charge in [-0.1, -0.05) is 6.92 Å². The standard InChI is InChI=1S/C11H22N2O3/c1-4-5-12-7-10(14)13-6-9-8-15-11(2,3)16-9/h9,12H,4-8H2,1-3H3,(H,13,14). The van der Waals surface area contributed by atoms with Gasteiger partial charge in [-0.05, 0) is 26.8 Å². The molecule has 1 atom stereocenters. The van der Waals surface area contributed by atoms with Crippen molar-refractivity contribution in [1.82, 2.24) is 10.6 Å². The lowest BCUT2D eigenvalue weighted by molar-refractivity contribution is -0.139. The van der Waals surface area contributed by atoms with E-state index in [0.717, 1.165) is 13.0 Å². The fourth-order valence-corrected chi connectivity index (χ4v) is 1.53. The molecule has 0 bridgehead atoms. The topological polar surface area (TPSA) is 59.6 Å². The summed E-state index contributed by atoms with van der Waals surface area (Å²) in [6.07, 6.45) is 0.992. The summed E-state index contributed by atoms with van der Waals surface area (Å²) >= 11 is 0. The predicted molar refractivity (Wildman–Crippen MR) is 61.1 cm³/mol. The average Bonchev–Trinajstić information content (AvgIpc) is 2.56. The van der Waals surface area contributed by atoms with Crippen molar-refractivity contribution >= 4 is 5.91 Å². The van der Waals surface area contributed by atoms with E-state index in [2.05, 4.69) is 17.6 Å². The normalized spacial score (nSPS) is 23.3. The van der Waals surface area contributed by atoms with Gasteiger partial charge in [-0.2, -0.15) is 0 Å². The van der Waals surface area contributed by atoms with Crippen LogP contribution >= 0.6 is 0 Å². The zero-order valence-electron chi connectivity index (χ0n) is 10.3. The molecule has 1 aliphatic heterocycles. The zero-order chi connectivity index (χ0) is 12.0. The van der Waals surface area contributed by atoms with Gasteiger partial charge in [0.1, 0.15) is 6.10 Å². The Balaban J connectivity index is 2.08. The van der Waals surface area contributed by atoms with E-state index in [-0.39, 0.29) is 12.0 Å². The Labute approximate surface area is 96.9 Å². The second-order valence-corrected chi connectivity index (χ2v) is 4.43. The van der Waals surface area contributed by atoms with Crippen LogP contribution in [0.3, 0.4) is 0 Å². The Bertz CT molecular complexity index is 231. The first kappa shape index (κ1) is 13.4. The molecule has 0 radical (unpaired) electrons. The molecule has 94 valence electrons. The second-order valence-electron chi connectivity index (χ2n) is 4.43. The second kappa shape index (κ2) is 6.18. The Morgan fingerprint density at radius 3 is 2.81 bits per heavy atom. The predicted octanol–water partition coefficient (Wildman–Crippen LogP) is 0.254. The lowest BCUT2D eigenvalue weighted by Gasteiger charge is -2.17. The SMILES string of the molecule is CCCNCC(=O)NCC1COC(C)(C)O1. The van der Waals surface area contributed by atoms with Gasteiger partial charge in [-0.15, -0.1) is 0 Å². The summed E-state index contributed by atoms with van der Waals surface area (Å²) in [4.78, 5) is 11.4. The van der Waals surface area contributed by atoms with E-state index in [1.165, 1.54) is 0 Å². The minimum Gasteiger partial charge on any atom is -0.352 e. The summed E-state index contributed by atoms with van der Waals surface area (Å²) < 4.78 is 11.0. The van der Waals surface area contributed by atoms with Crippen molar-refractivity contribution < 1.29 is 14.3 Å². The molecule has 0 saturated carbocycles. The third-order valence-corrected chi connectivity index (χ3v) is 2.31. The van der Waals surface area contributed by atoms with Crippen LogP contribution in [-0.2, 0) is 14.3 Å². The summed E-state index contributed by atoms with van der Waals surface area (Å²) in [5.74, 6) is -0.516. The van der Waals surface area contributed by atoms with Crippen LogP contribution in [0.15, 0.2) is 0 Å². The van der Waals surface area contributed by atoms with Crippen LogP contribution in [0, 0.1) is 0 Å². The molecule has 0 aromatic rings. The Morgan fingerprint density at radius 2 is 2.25 bits per heavy atom. The van der Waals surface area contributed by atoms with E-state index >= 15 is 0 Å². The highest BCUT2D eigenvalue weighted by molar-refractivity contribution is 5.77. The number of nitrogens with one attached hydrogen (secondary N) is 2. The summed E-state index contributed by atoms with van der Waals surface area (Å²) in [5, 5.41) is 5.86. The van der Waals surface area contributed by atoms with Gasteiger partial charge in [0, 0.05) is 6.54 Å². The maximum absolute atomic E-state index is 11.4. The fourth-order valence-electron chi connectivity index (χ4n) is 1.53. The molecule has 5 heteroatoms. The van der Waals surface area contributed by atoms with Gasteiger partial charge >= 0.3 is 0 Å². The van der Waals surface area contributed by atoms with Gasteiger partial charge in [0.2, 0.25) is 5.91 Å². The van der Waals surface area contributed by atoms with E-state index in [4.69, 9.17) is 9.47 Å². The Morgan fingerprint density at radius 1 is 1.50 bits per heavy atom. The molecular weight excluding hydrogens is 208 g/mol. The lowest BCUT2D eigenvalue weighted by atomic mass is 10.3. The molecular formula is C11H22N2O3. The number of hydrogen-bond donors (Lipinski definition) is 2. The molecule has 1 rings (SSSR count). The van der Waals surface area contributed by atoms with Crippen molar-refractivity contribution in [3.8, 4) is 0 Å². The molecule has 1 fully saturated rings. The molecule has 2 N–H and O–H groups in total. The first-order valence-electron chi connectivity index (χ1n) is 5.82. The highest BCUT2D eigenvalue weighted by Gasteiger charge is 2.32. The van der Waals surface area contributed by atoms with Crippen LogP contribution in [0.25, 0.3) is 0 Å². The van der Waals surface area contributed by atoms with E-state index < -0.39 is 5.79 Å². The smallest absolute Gasteiger partial charge is 0.234 e. The van der Waals surface area contributed by atoms with Crippen LogP contribution in [0.1, 0.15) is 27.2 Å². The number of amides is 1. The average molecular weight is 230 g/mol. The van der Waals surface area contributed by atoms with Crippen molar-refractivity contribution in [2.75, 3.05) is 26.2 Å². The van der Waals surface area contributed by atoms with Gasteiger partial charge in [0.25, 0.3) is 0 Å². The molecule has 0 aliphatic carbocycles. The number of carbonyl (C=O) groups is 1. The highest BCUT2D eigenvalue weighted by atomic mass is 16.7. The van der Waals surface area contributed by atoms with Crippen molar-refractivity contribution in [3.05, 3.63) is 0 Å². The number of rotatable bonds is 6. The molecule has 1 unspecified atom stereocenters.